The average molecular weight is 323 g/mol. The second-order valence-corrected chi connectivity index (χ2v) is 6.71. The second kappa shape index (κ2) is 8.42. The summed E-state index contributed by atoms with van der Waals surface area (Å²) in [5, 5.41) is 16.3. The minimum absolute atomic E-state index is 0.0382. The standard InChI is InChI=1S/C16H29N5O2/c1-13(2)10-21-8-7-20(11-14(21)5-9-22)12-16(23)17-15-4-6-19(3)18-15/h4,6,13-14,22H,5,7-12H2,1-3H3,(H,17,18,23)/t14-/m1/s1. The number of nitrogens with zero attached hydrogens (tertiary/aromatic N) is 4. The van der Waals surface area contributed by atoms with Crippen LogP contribution in [0.1, 0.15) is 20.3 Å². The molecule has 1 aromatic heterocycles. The lowest BCUT2D eigenvalue weighted by molar-refractivity contribution is -0.118. The largest absolute Gasteiger partial charge is 0.396 e. The van der Waals surface area contributed by atoms with Crippen LogP contribution in [-0.4, -0.2) is 76.0 Å². The molecule has 1 amide bonds. The van der Waals surface area contributed by atoms with Crippen molar-refractivity contribution in [1.82, 2.24) is 19.6 Å². The average Bonchev–Trinajstić information content (AvgIpc) is 2.86. The maximum absolute atomic E-state index is 12.1. The molecule has 0 bridgehead atoms. The van der Waals surface area contributed by atoms with Gasteiger partial charge in [0, 0.05) is 58.1 Å². The van der Waals surface area contributed by atoms with E-state index < -0.39 is 0 Å². The third-order valence-corrected chi connectivity index (χ3v) is 4.10. The van der Waals surface area contributed by atoms with Crippen molar-refractivity contribution in [3.63, 3.8) is 0 Å². The number of anilines is 1. The highest BCUT2D eigenvalue weighted by Gasteiger charge is 2.27. The highest BCUT2D eigenvalue weighted by molar-refractivity contribution is 5.91. The van der Waals surface area contributed by atoms with Gasteiger partial charge in [-0.2, -0.15) is 5.10 Å². The van der Waals surface area contributed by atoms with Crippen LogP contribution in [0.15, 0.2) is 12.3 Å². The highest BCUT2D eigenvalue weighted by Crippen LogP contribution is 2.15. The van der Waals surface area contributed by atoms with Crippen LogP contribution in [0.4, 0.5) is 5.82 Å². The third-order valence-electron chi connectivity index (χ3n) is 4.10. The van der Waals surface area contributed by atoms with Crippen LogP contribution in [0.3, 0.4) is 0 Å². The number of aliphatic hydroxyl groups excluding tert-OH is 1. The lowest BCUT2D eigenvalue weighted by atomic mass is 10.1. The summed E-state index contributed by atoms with van der Waals surface area (Å²) < 4.78 is 1.66. The number of nitrogens with one attached hydrogen (secondary N) is 1. The van der Waals surface area contributed by atoms with Gasteiger partial charge >= 0.3 is 0 Å². The fourth-order valence-corrected chi connectivity index (χ4v) is 3.10. The molecule has 7 heteroatoms. The summed E-state index contributed by atoms with van der Waals surface area (Å²) in [5.41, 5.74) is 0. The number of aryl methyl sites for hydroxylation is 1. The van der Waals surface area contributed by atoms with Crippen LogP contribution in [0.25, 0.3) is 0 Å². The summed E-state index contributed by atoms with van der Waals surface area (Å²) >= 11 is 0. The first-order valence-electron chi connectivity index (χ1n) is 8.34. The normalized spacial score (nSPS) is 20.1. The molecule has 1 aliphatic rings. The fraction of sp³-hybridized carbons (Fsp3) is 0.750. The summed E-state index contributed by atoms with van der Waals surface area (Å²) in [4.78, 5) is 16.7. The summed E-state index contributed by atoms with van der Waals surface area (Å²) in [6.07, 6.45) is 2.56. The monoisotopic (exact) mass is 323 g/mol. The van der Waals surface area contributed by atoms with Gasteiger partial charge in [-0.3, -0.25) is 19.3 Å². The topological polar surface area (TPSA) is 73.6 Å². The molecule has 2 heterocycles. The first kappa shape index (κ1) is 17.9. The predicted octanol–water partition coefficient (Wildman–Crippen LogP) is 0.383. The maximum atomic E-state index is 12.1. The zero-order valence-corrected chi connectivity index (χ0v) is 14.4. The molecule has 1 saturated heterocycles. The number of piperazine rings is 1. The molecule has 23 heavy (non-hydrogen) atoms. The molecule has 0 spiro atoms. The number of amides is 1. The summed E-state index contributed by atoms with van der Waals surface area (Å²) in [6.45, 7) is 8.66. The summed E-state index contributed by atoms with van der Waals surface area (Å²) in [7, 11) is 1.82. The van der Waals surface area contributed by atoms with Crippen molar-refractivity contribution in [2.45, 2.75) is 26.3 Å². The van der Waals surface area contributed by atoms with E-state index in [9.17, 15) is 9.90 Å². The quantitative estimate of drug-likeness (QED) is 0.759. The number of carbonyl (C=O) groups is 1. The number of hydrogen-bond donors (Lipinski definition) is 2. The van der Waals surface area contributed by atoms with Crippen molar-refractivity contribution in [3.05, 3.63) is 12.3 Å². The number of aromatic nitrogens is 2. The first-order chi connectivity index (χ1) is 11.0. The van der Waals surface area contributed by atoms with Crippen LogP contribution in [0.5, 0.6) is 0 Å². The molecule has 1 aromatic rings. The fourth-order valence-electron chi connectivity index (χ4n) is 3.10. The Morgan fingerprint density at radius 3 is 2.87 bits per heavy atom. The van der Waals surface area contributed by atoms with Gasteiger partial charge in [-0.25, -0.2) is 0 Å². The van der Waals surface area contributed by atoms with Crippen LogP contribution in [0, 0.1) is 5.92 Å². The molecule has 7 nitrogen and oxygen atoms in total. The van der Waals surface area contributed by atoms with Crippen LogP contribution >= 0.6 is 0 Å². The van der Waals surface area contributed by atoms with E-state index in [-0.39, 0.29) is 12.5 Å². The maximum Gasteiger partial charge on any atom is 0.239 e. The molecular formula is C16H29N5O2. The highest BCUT2D eigenvalue weighted by atomic mass is 16.3. The molecule has 0 saturated carbocycles. The van der Waals surface area contributed by atoms with E-state index in [1.807, 2.05) is 7.05 Å². The molecule has 2 rings (SSSR count). The van der Waals surface area contributed by atoms with Crippen molar-refractivity contribution in [2.75, 3.05) is 44.6 Å². The van der Waals surface area contributed by atoms with E-state index in [0.29, 0.717) is 24.3 Å². The van der Waals surface area contributed by atoms with Gasteiger partial charge in [0.15, 0.2) is 5.82 Å². The molecule has 1 aliphatic heterocycles. The third kappa shape index (κ3) is 5.60. The number of hydrogen-bond acceptors (Lipinski definition) is 5. The van der Waals surface area contributed by atoms with Gasteiger partial charge in [0.1, 0.15) is 0 Å². The molecule has 0 aromatic carbocycles. The Morgan fingerprint density at radius 2 is 2.26 bits per heavy atom. The molecule has 130 valence electrons. The Bertz CT molecular complexity index is 502. The molecule has 1 atom stereocenters. The second-order valence-electron chi connectivity index (χ2n) is 6.71. The molecule has 2 N–H and O–H groups in total. The van der Waals surface area contributed by atoms with Gasteiger partial charge in [-0.15, -0.1) is 0 Å². The Hall–Kier alpha value is -1.44. The number of rotatable bonds is 7. The zero-order chi connectivity index (χ0) is 16.8. The van der Waals surface area contributed by atoms with Crippen molar-refractivity contribution in [2.24, 2.45) is 13.0 Å². The lowest BCUT2D eigenvalue weighted by Crippen LogP contribution is -2.55. The van der Waals surface area contributed by atoms with Gasteiger partial charge < -0.3 is 10.4 Å². The van der Waals surface area contributed by atoms with Crippen molar-refractivity contribution in [1.29, 1.82) is 0 Å². The Balaban J connectivity index is 1.85. The van der Waals surface area contributed by atoms with E-state index in [0.717, 1.165) is 32.6 Å². The Kier molecular flexibility index (Phi) is 6.56. The van der Waals surface area contributed by atoms with Crippen molar-refractivity contribution >= 4 is 11.7 Å². The molecular weight excluding hydrogens is 294 g/mol. The van der Waals surface area contributed by atoms with Gasteiger partial charge in [0.25, 0.3) is 0 Å². The van der Waals surface area contributed by atoms with E-state index in [4.69, 9.17) is 0 Å². The SMILES string of the molecule is CC(C)CN1CCN(CC(=O)Nc2ccn(C)n2)C[C@H]1CCO. The summed E-state index contributed by atoms with van der Waals surface area (Å²) in [5.74, 6) is 1.15. The first-order valence-corrected chi connectivity index (χ1v) is 8.34. The van der Waals surface area contributed by atoms with Gasteiger partial charge in [-0.1, -0.05) is 13.8 Å². The number of carbonyl (C=O) groups excluding carboxylic acids is 1. The molecule has 0 unspecified atom stereocenters. The molecule has 0 aliphatic carbocycles. The Labute approximate surface area is 138 Å². The van der Waals surface area contributed by atoms with E-state index >= 15 is 0 Å². The minimum Gasteiger partial charge on any atom is -0.396 e. The van der Waals surface area contributed by atoms with Gasteiger partial charge in [0.2, 0.25) is 5.91 Å². The van der Waals surface area contributed by atoms with Gasteiger partial charge in [0.05, 0.1) is 6.54 Å². The number of aliphatic hydroxyl groups is 1. The van der Waals surface area contributed by atoms with Crippen molar-refractivity contribution < 1.29 is 9.90 Å². The van der Waals surface area contributed by atoms with Crippen LogP contribution < -0.4 is 5.32 Å². The predicted molar refractivity (Wildman–Crippen MR) is 90.2 cm³/mol. The molecule has 0 radical (unpaired) electrons. The van der Waals surface area contributed by atoms with Crippen LogP contribution in [-0.2, 0) is 11.8 Å². The molecule has 1 fully saturated rings. The van der Waals surface area contributed by atoms with E-state index in [1.54, 1.807) is 16.9 Å². The van der Waals surface area contributed by atoms with E-state index in [1.165, 1.54) is 0 Å². The van der Waals surface area contributed by atoms with Crippen LogP contribution in [0.2, 0.25) is 0 Å². The smallest absolute Gasteiger partial charge is 0.239 e. The Morgan fingerprint density at radius 1 is 1.48 bits per heavy atom. The zero-order valence-electron chi connectivity index (χ0n) is 14.4. The summed E-state index contributed by atoms with van der Waals surface area (Å²) in [6, 6.07) is 2.10. The minimum atomic E-state index is -0.0382. The van der Waals surface area contributed by atoms with E-state index in [2.05, 4.69) is 34.1 Å². The lowest BCUT2D eigenvalue weighted by Gasteiger charge is -2.41. The van der Waals surface area contributed by atoms with Crippen molar-refractivity contribution in [3.8, 4) is 0 Å². The van der Waals surface area contributed by atoms with Gasteiger partial charge in [-0.05, 0) is 12.3 Å².